The second kappa shape index (κ2) is 10.6. The molecule has 10 nitrogen and oxygen atoms in total. The Hall–Kier alpha value is -3.70. The average Bonchev–Trinajstić information content (AvgIpc) is 3.28. The van der Waals surface area contributed by atoms with Crippen LogP contribution in [0.25, 0.3) is 22.2 Å². The van der Waals surface area contributed by atoms with Crippen LogP contribution in [-0.2, 0) is 13.0 Å². The van der Waals surface area contributed by atoms with E-state index in [2.05, 4.69) is 55.2 Å². The van der Waals surface area contributed by atoms with Crippen molar-refractivity contribution in [3.63, 3.8) is 0 Å². The molecule has 4 aromatic rings. The van der Waals surface area contributed by atoms with Crippen molar-refractivity contribution < 1.29 is 9.66 Å². The van der Waals surface area contributed by atoms with Crippen LogP contribution in [0.15, 0.2) is 47.2 Å². The number of para-hydroxylation sites is 1. The Morgan fingerprint density at radius 1 is 1.24 bits per heavy atom. The van der Waals surface area contributed by atoms with E-state index < -0.39 is 0 Å². The number of likely N-dealkylation sites (N-methyl/N-ethyl adjacent to an activating group) is 2. The van der Waals surface area contributed by atoms with Crippen molar-refractivity contribution in [2.75, 3.05) is 51.6 Å². The molecule has 0 radical (unpaired) electrons. The van der Waals surface area contributed by atoms with Crippen molar-refractivity contribution in [2.24, 2.45) is 0 Å². The first-order chi connectivity index (χ1) is 18.3. The summed E-state index contributed by atoms with van der Waals surface area (Å²) in [6.45, 7) is 2.35. The lowest BCUT2D eigenvalue weighted by Gasteiger charge is -2.22. The molecule has 1 aliphatic rings. The maximum atomic E-state index is 12.0. The van der Waals surface area contributed by atoms with Crippen molar-refractivity contribution in [1.29, 1.82) is 0 Å². The first kappa shape index (κ1) is 25.9. The smallest absolute Gasteiger partial charge is 0.294 e. The minimum Gasteiger partial charge on any atom is -0.494 e. The second-order valence-corrected chi connectivity index (χ2v) is 10.5. The molecule has 2 aromatic carbocycles. The lowest BCUT2D eigenvalue weighted by Crippen LogP contribution is -2.28. The number of nitro benzene ring substituents is 1. The molecular weight excluding hydrogens is 550 g/mol. The van der Waals surface area contributed by atoms with Gasteiger partial charge in [-0.15, -0.1) is 0 Å². The molecule has 11 heteroatoms. The normalized spacial score (nSPS) is 12.7. The van der Waals surface area contributed by atoms with Gasteiger partial charge in [0.2, 0.25) is 5.95 Å². The van der Waals surface area contributed by atoms with Gasteiger partial charge in [-0.3, -0.25) is 10.1 Å². The molecule has 0 fully saturated rings. The largest absolute Gasteiger partial charge is 0.494 e. The fraction of sp³-hybridized carbons (Fsp3) is 0.333. The topological polar surface area (TPSA) is 102 Å². The summed E-state index contributed by atoms with van der Waals surface area (Å²) in [6.07, 6.45) is 6.02. The maximum absolute atomic E-state index is 12.0. The predicted octanol–water partition coefficient (Wildman–Crippen LogP) is 5.47. The molecule has 5 rings (SSSR count). The number of halogens is 1. The molecule has 0 unspecified atom stereocenters. The van der Waals surface area contributed by atoms with Gasteiger partial charge in [0.05, 0.1) is 33.4 Å². The molecule has 0 atom stereocenters. The highest BCUT2D eigenvalue weighted by atomic mass is 79.9. The molecule has 0 bridgehead atoms. The number of nitrogens with zero attached hydrogens (tertiary/aromatic N) is 6. The third-order valence-electron chi connectivity index (χ3n) is 6.86. The van der Waals surface area contributed by atoms with Crippen LogP contribution >= 0.6 is 15.9 Å². The molecule has 1 aliphatic heterocycles. The van der Waals surface area contributed by atoms with Gasteiger partial charge < -0.3 is 24.4 Å². The molecule has 0 spiro atoms. The molecule has 1 N–H and O–H groups in total. The van der Waals surface area contributed by atoms with Crippen LogP contribution in [0.5, 0.6) is 5.75 Å². The van der Waals surface area contributed by atoms with Gasteiger partial charge in [-0.05, 0) is 48.4 Å². The summed E-state index contributed by atoms with van der Waals surface area (Å²) in [6, 6.07) is 9.55. The zero-order valence-electron chi connectivity index (χ0n) is 21.9. The SMILES string of the molecule is COc1cc(N(C)CCN(C)C)c([N+](=O)[O-])cc1Nc1ncc(Br)c(-c2cn3c4c(cccc24)CCC3)n1. The fourth-order valence-corrected chi connectivity index (χ4v) is 5.33. The van der Waals surface area contributed by atoms with E-state index in [1.807, 2.05) is 30.9 Å². The summed E-state index contributed by atoms with van der Waals surface area (Å²) in [4.78, 5) is 24.8. The van der Waals surface area contributed by atoms with E-state index in [4.69, 9.17) is 9.72 Å². The van der Waals surface area contributed by atoms with Crippen molar-refractivity contribution in [3.05, 3.63) is 62.9 Å². The zero-order valence-corrected chi connectivity index (χ0v) is 23.4. The van der Waals surface area contributed by atoms with Crippen molar-refractivity contribution in [2.45, 2.75) is 19.4 Å². The van der Waals surface area contributed by atoms with Crippen LogP contribution < -0.4 is 15.0 Å². The van der Waals surface area contributed by atoms with E-state index in [0.29, 0.717) is 29.6 Å². The monoisotopic (exact) mass is 579 g/mol. The first-order valence-electron chi connectivity index (χ1n) is 12.4. The quantitative estimate of drug-likeness (QED) is 0.206. The molecule has 0 amide bonds. The Balaban J connectivity index is 1.53. The van der Waals surface area contributed by atoms with Crippen LogP contribution in [0.3, 0.4) is 0 Å². The number of benzene rings is 2. The van der Waals surface area contributed by atoms with Gasteiger partial charge in [0.25, 0.3) is 5.69 Å². The van der Waals surface area contributed by atoms with E-state index in [-0.39, 0.29) is 10.6 Å². The number of hydrogen-bond acceptors (Lipinski definition) is 8. The summed E-state index contributed by atoms with van der Waals surface area (Å²) >= 11 is 3.63. The van der Waals surface area contributed by atoms with Gasteiger partial charge in [0, 0.05) is 62.2 Å². The number of methoxy groups -OCH3 is 1. The van der Waals surface area contributed by atoms with Crippen LogP contribution in [-0.4, -0.2) is 65.7 Å². The summed E-state index contributed by atoms with van der Waals surface area (Å²) in [5.41, 5.74) is 5.22. The molecule has 0 aliphatic carbocycles. The summed E-state index contributed by atoms with van der Waals surface area (Å²) in [5.74, 6) is 0.777. The Bertz CT molecular complexity index is 1520. The van der Waals surface area contributed by atoms with E-state index in [9.17, 15) is 10.1 Å². The van der Waals surface area contributed by atoms with E-state index in [1.54, 1.807) is 12.3 Å². The van der Waals surface area contributed by atoms with Crippen LogP contribution in [0.2, 0.25) is 0 Å². The number of nitrogens with one attached hydrogen (secondary N) is 1. The third kappa shape index (κ3) is 4.91. The Kier molecular flexibility index (Phi) is 7.22. The van der Waals surface area contributed by atoms with Gasteiger partial charge in [-0.1, -0.05) is 18.2 Å². The van der Waals surface area contributed by atoms with Crippen molar-refractivity contribution >= 4 is 49.8 Å². The zero-order chi connectivity index (χ0) is 27.0. The van der Waals surface area contributed by atoms with E-state index in [1.165, 1.54) is 24.3 Å². The lowest BCUT2D eigenvalue weighted by molar-refractivity contribution is -0.384. The molecule has 0 saturated heterocycles. The lowest BCUT2D eigenvalue weighted by atomic mass is 10.0. The molecule has 0 saturated carbocycles. The highest BCUT2D eigenvalue weighted by Gasteiger charge is 2.23. The highest BCUT2D eigenvalue weighted by molar-refractivity contribution is 9.10. The van der Waals surface area contributed by atoms with Crippen LogP contribution in [0, 0.1) is 10.1 Å². The molecule has 2 aromatic heterocycles. The minimum absolute atomic E-state index is 0.0270. The van der Waals surface area contributed by atoms with Crippen molar-refractivity contribution in [3.8, 4) is 17.0 Å². The Labute approximate surface area is 229 Å². The van der Waals surface area contributed by atoms with Gasteiger partial charge in [0.1, 0.15) is 11.4 Å². The number of rotatable bonds is 9. The summed E-state index contributed by atoms with van der Waals surface area (Å²) in [7, 11) is 7.30. The number of aromatic nitrogens is 3. The van der Waals surface area contributed by atoms with E-state index >= 15 is 0 Å². The first-order valence-corrected chi connectivity index (χ1v) is 13.2. The van der Waals surface area contributed by atoms with Crippen LogP contribution in [0.4, 0.5) is 23.0 Å². The summed E-state index contributed by atoms with van der Waals surface area (Å²) < 4.78 is 8.67. The maximum Gasteiger partial charge on any atom is 0.294 e. The van der Waals surface area contributed by atoms with Gasteiger partial charge >= 0.3 is 0 Å². The number of aryl methyl sites for hydroxylation is 2. The standard InChI is InChI=1S/C27H30BrN7O3/c1-32(2)11-12-33(3)22-14-24(38-4)21(13-23(22)35(36)37)30-27-29-15-20(28)25(31-27)19-16-34-10-6-8-17-7-5-9-18(19)26(17)34/h5,7,9,13-16H,6,8,10-12H2,1-4H3,(H,29,30,31). The molecule has 38 heavy (non-hydrogen) atoms. The Morgan fingerprint density at radius 2 is 2.05 bits per heavy atom. The molecular formula is C27H30BrN7O3. The fourth-order valence-electron chi connectivity index (χ4n) is 4.93. The number of ether oxygens (including phenoxy) is 1. The number of nitro groups is 1. The minimum atomic E-state index is -0.381. The Morgan fingerprint density at radius 3 is 2.79 bits per heavy atom. The third-order valence-corrected chi connectivity index (χ3v) is 7.44. The number of hydrogen-bond donors (Lipinski definition) is 1. The summed E-state index contributed by atoms with van der Waals surface area (Å²) in [5, 5.41) is 16.3. The van der Waals surface area contributed by atoms with Crippen molar-refractivity contribution in [1.82, 2.24) is 19.4 Å². The highest BCUT2D eigenvalue weighted by Crippen LogP contribution is 2.40. The second-order valence-electron chi connectivity index (χ2n) is 9.69. The van der Waals surface area contributed by atoms with Gasteiger partial charge in [-0.25, -0.2) is 9.97 Å². The van der Waals surface area contributed by atoms with Gasteiger partial charge in [0.15, 0.2) is 0 Å². The van der Waals surface area contributed by atoms with E-state index in [0.717, 1.165) is 47.0 Å². The predicted molar refractivity (Wildman–Crippen MR) is 154 cm³/mol. The van der Waals surface area contributed by atoms with Gasteiger partial charge in [-0.2, -0.15) is 0 Å². The average molecular weight is 580 g/mol. The molecule has 3 heterocycles. The number of anilines is 3. The molecule has 198 valence electrons. The van der Waals surface area contributed by atoms with Crippen LogP contribution in [0.1, 0.15) is 12.0 Å².